The molecule has 4 aliphatic rings. The van der Waals surface area contributed by atoms with Crippen LogP contribution in [0.25, 0.3) is 0 Å². The van der Waals surface area contributed by atoms with Gasteiger partial charge in [0.1, 0.15) is 11.8 Å². The van der Waals surface area contributed by atoms with Crippen molar-refractivity contribution in [2.75, 3.05) is 6.01 Å². The summed E-state index contributed by atoms with van der Waals surface area (Å²) in [5.74, 6) is -0.810. The Morgan fingerprint density at radius 1 is 1.29 bits per heavy atom. The molecule has 7 heteroatoms. The molecule has 4 aliphatic carbocycles. The normalized spacial score (nSPS) is 38.0. The second-order valence-corrected chi connectivity index (χ2v) is 11.9. The van der Waals surface area contributed by atoms with Gasteiger partial charge in [0.2, 0.25) is 0 Å². The minimum absolute atomic E-state index is 0.0544. The molecule has 35 heavy (non-hydrogen) atoms. The van der Waals surface area contributed by atoms with E-state index in [2.05, 4.69) is 6.08 Å². The molecule has 0 aromatic carbocycles. The lowest BCUT2D eigenvalue weighted by atomic mass is 9.49. The zero-order valence-electron chi connectivity index (χ0n) is 20.2. The van der Waals surface area contributed by atoms with Crippen molar-refractivity contribution in [2.24, 2.45) is 34.0 Å². The number of alkyl halides is 1. The smallest absolute Gasteiger partial charge is 0.199 e. The summed E-state index contributed by atoms with van der Waals surface area (Å²) in [6.07, 6.45) is 8.31. The van der Waals surface area contributed by atoms with Crippen LogP contribution in [-0.2, 0) is 9.59 Å². The first kappa shape index (κ1) is 24.4. The molecule has 0 N–H and O–H groups in total. The molecule has 5 rings (SSSR count). The van der Waals surface area contributed by atoms with Gasteiger partial charge in [0.05, 0.1) is 11.7 Å². The highest BCUT2D eigenvalue weighted by Crippen LogP contribution is 2.71. The van der Waals surface area contributed by atoms with Crippen molar-refractivity contribution in [1.82, 2.24) is 0 Å². The van der Waals surface area contributed by atoms with E-state index in [1.165, 1.54) is 6.26 Å². The summed E-state index contributed by atoms with van der Waals surface area (Å²) in [4.78, 5) is 39.0. The molecule has 1 heterocycles. The summed E-state index contributed by atoms with van der Waals surface area (Å²) >= 11 is 0.631. The van der Waals surface area contributed by atoms with Gasteiger partial charge < -0.3 is 4.42 Å². The molecule has 1 aromatic heterocycles. The molecule has 0 bridgehead atoms. The van der Waals surface area contributed by atoms with E-state index in [0.29, 0.717) is 30.2 Å². The number of allylic oxidation sites excluding steroid dienone is 6. The molecular weight excluding hydrogens is 470 g/mol. The molecule has 2 unspecified atom stereocenters. The topological polar surface area (TPSA) is 64.3 Å². The largest absolute Gasteiger partial charge is 0.461 e. The first-order valence-corrected chi connectivity index (χ1v) is 13.2. The number of Topliss-reactive ketones (excluding diaryl/α,β-unsaturated/α-hetero) is 1. The number of rotatable bonds is 5. The number of carbonyl (C=O) groups excluding carboxylic acids is 3. The molecule has 1 fully saturated rings. The summed E-state index contributed by atoms with van der Waals surface area (Å²) in [5.41, 5.74) is -0.750. The van der Waals surface area contributed by atoms with E-state index in [1.807, 2.05) is 26.8 Å². The van der Waals surface area contributed by atoms with Crippen LogP contribution in [0.15, 0.2) is 58.0 Å². The second-order valence-electron chi connectivity index (χ2n) is 11.0. The fraction of sp³-hybridized carbons (Fsp3) is 0.536. The van der Waals surface area contributed by atoms with Crippen LogP contribution in [0.5, 0.6) is 0 Å². The fourth-order valence-corrected chi connectivity index (χ4v) is 8.66. The molecule has 0 aliphatic heterocycles. The van der Waals surface area contributed by atoms with Crippen LogP contribution in [0.3, 0.4) is 0 Å². The molecule has 0 radical (unpaired) electrons. The maximum Gasteiger partial charge on any atom is 0.199 e. The molecule has 0 amide bonds. The van der Waals surface area contributed by atoms with Crippen molar-refractivity contribution in [3.63, 3.8) is 0 Å². The van der Waals surface area contributed by atoms with Crippen molar-refractivity contribution in [3.05, 3.63) is 59.4 Å². The number of hydrogen-bond donors (Lipinski definition) is 0. The van der Waals surface area contributed by atoms with Gasteiger partial charge >= 0.3 is 0 Å². The first-order chi connectivity index (χ1) is 16.6. The number of halogens is 2. The van der Waals surface area contributed by atoms with Crippen molar-refractivity contribution in [3.8, 4) is 0 Å². The van der Waals surface area contributed by atoms with Crippen LogP contribution < -0.4 is 0 Å². The predicted octanol–water partition coefficient (Wildman–Crippen LogP) is 6.80. The van der Waals surface area contributed by atoms with Crippen molar-refractivity contribution in [2.45, 2.75) is 52.9 Å². The number of ketones is 2. The highest BCUT2D eigenvalue weighted by molar-refractivity contribution is 8.13. The standard InChI is InChI=1S/C28H30F2O4S/c1-16-11-20-18-13-22(30)21-12-17(31)6-8-26(21,2)19(18)7-9-27(20,3)28(16,25(33)35-15-29)14-23(32)24-5-4-10-34-24/h4-8,10,16,18,20H,9,11-15H2,1-3H3/t16-,18?,20?,26-,27+,28-/m1/s1. The Kier molecular flexibility index (Phi) is 5.86. The molecule has 0 saturated heterocycles. The van der Waals surface area contributed by atoms with Crippen molar-refractivity contribution < 1.29 is 27.6 Å². The minimum Gasteiger partial charge on any atom is -0.461 e. The van der Waals surface area contributed by atoms with Gasteiger partial charge in [-0.2, -0.15) is 0 Å². The van der Waals surface area contributed by atoms with Gasteiger partial charge in [-0.15, -0.1) is 0 Å². The monoisotopic (exact) mass is 500 g/mol. The zero-order chi connectivity index (χ0) is 25.2. The van der Waals surface area contributed by atoms with Gasteiger partial charge in [-0.25, -0.2) is 8.78 Å². The number of furan rings is 1. The average Bonchev–Trinajstić information content (AvgIpc) is 3.42. The lowest BCUT2D eigenvalue weighted by Crippen LogP contribution is -2.51. The molecule has 4 nitrogen and oxygen atoms in total. The Hall–Kier alpha value is -2.28. The van der Waals surface area contributed by atoms with E-state index in [4.69, 9.17) is 4.42 Å². The number of fused-ring (bicyclic) bond motifs is 5. The third kappa shape index (κ3) is 3.33. The SMILES string of the molecule is C[C@@H]1CC2C3CC(F)=C4CC(=O)C=C[C@]4(C)C3=CC[C@]2(C)[C@@]1(CC(=O)c1ccco1)C(=O)SCF. The molecular formula is C28H30F2O4S. The molecule has 1 saturated carbocycles. The van der Waals surface area contributed by atoms with Crippen LogP contribution in [0.4, 0.5) is 8.78 Å². The van der Waals surface area contributed by atoms with E-state index < -0.39 is 22.3 Å². The van der Waals surface area contributed by atoms with Gasteiger partial charge in [0.25, 0.3) is 0 Å². The quantitative estimate of drug-likeness (QED) is 0.329. The van der Waals surface area contributed by atoms with Gasteiger partial charge in [0, 0.05) is 24.7 Å². The summed E-state index contributed by atoms with van der Waals surface area (Å²) in [6, 6.07) is 2.36. The van der Waals surface area contributed by atoms with Crippen LogP contribution in [0.2, 0.25) is 0 Å². The number of hydrogen-bond acceptors (Lipinski definition) is 5. The van der Waals surface area contributed by atoms with Gasteiger partial charge in [-0.1, -0.05) is 43.3 Å². The van der Waals surface area contributed by atoms with E-state index in [9.17, 15) is 18.8 Å². The lowest BCUT2D eigenvalue weighted by Gasteiger charge is -2.54. The summed E-state index contributed by atoms with van der Waals surface area (Å²) in [7, 11) is 0. The lowest BCUT2D eigenvalue weighted by molar-refractivity contribution is -0.130. The zero-order valence-corrected chi connectivity index (χ0v) is 21.1. The summed E-state index contributed by atoms with van der Waals surface area (Å²) in [6.45, 7) is 5.97. The molecule has 1 aromatic rings. The maximum atomic E-state index is 15.5. The highest BCUT2D eigenvalue weighted by atomic mass is 32.2. The molecule has 6 atom stereocenters. The van der Waals surface area contributed by atoms with Gasteiger partial charge in [0.15, 0.2) is 22.4 Å². The Morgan fingerprint density at radius 3 is 2.74 bits per heavy atom. The number of thioether (sulfide) groups is 1. The Bertz CT molecular complexity index is 1180. The van der Waals surface area contributed by atoms with E-state index in [-0.39, 0.29) is 65.3 Å². The third-order valence-corrected chi connectivity index (χ3v) is 10.3. The first-order valence-electron chi connectivity index (χ1n) is 12.2. The third-order valence-electron chi connectivity index (χ3n) is 9.61. The highest BCUT2D eigenvalue weighted by Gasteiger charge is 2.68. The van der Waals surface area contributed by atoms with E-state index in [0.717, 1.165) is 5.57 Å². The Morgan fingerprint density at radius 2 is 2.06 bits per heavy atom. The van der Waals surface area contributed by atoms with Crippen molar-refractivity contribution >= 4 is 28.4 Å². The molecule has 0 spiro atoms. The average molecular weight is 501 g/mol. The second kappa shape index (κ2) is 8.39. The minimum atomic E-state index is -1.10. The van der Waals surface area contributed by atoms with E-state index >= 15 is 4.39 Å². The summed E-state index contributed by atoms with van der Waals surface area (Å²) in [5, 5.41) is -0.309. The number of carbonyl (C=O) groups is 3. The van der Waals surface area contributed by atoms with Gasteiger partial charge in [-0.05, 0) is 66.7 Å². The van der Waals surface area contributed by atoms with E-state index in [1.54, 1.807) is 18.2 Å². The van der Waals surface area contributed by atoms with Crippen LogP contribution >= 0.6 is 11.8 Å². The van der Waals surface area contributed by atoms with Crippen molar-refractivity contribution in [1.29, 1.82) is 0 Å². The Balaban J connectivity index is 1.61. The van der Waals surface area contributed by atoms with Crippen LogP contribution in [-0.4, -0.2) is 22.7 Å². The maximum absolute atomic E-state index is 15.5. The van der Waals surface area contributed by atoms with Gasteiger partial charge in [-0.3, -0.25) is 14.4 Å². The van der Waals surface area contributed by atoms with Crippen LogP contribution in [0.1, 0.15) is 63.4 Å². The summed E-state index contributed by atoms with van der Waals surface area (Å²) < 4.78 is 34.3. The fourth-order valence-electron chi connectivity index (χ4n) is 7.80. The van der Waals surface area contributed by atoms with Crippen LogP contribution in [0, 0.1) is 34.0 Å². The molecule has 186 valence electrons. The Labute approximate surface area is 208 Å². The predicted molar refractivity (Wildman–Crippen MR) is 130 cm³/mol.